The standard InChI is InChI=1S/2C45H29N5.C27H18N4/c1-4-16-30(17-5-1)43-46-44(31-18-6-2-7-19-31)48-45(47-43)50-38-27-13-11-23-36(38)42-34(25-15-29-40(42)50)33-24-14-28-39-41(33)35-22-10-12-26-37(35)49(39)32-20-8-3-9-21-32;1-4-14-30(15-5-1)43-46-44(31-16-6-2-7-17-31)48-45(47-43)50-40-23-13-11-21-36(40)38-29-33(25-27-42(38)50)32-24-26-41-37(28-32)35-20-10-12-22-39(35)49(41)34-18-8-3-9-19-34;1-3-11-19(12-4-1)25-28-26(20-13-5-2-6-14-20)30-27(29-25)31-23-17-9-7-15-21(23)22-16-8-10-18-24(22)31/h2*1-29H;1-18H. The summed E-state index contributed by atoms with van der Waals surface area (Å²) in [7, 11) is 0. The Kier molecular flexibility index (Phi) is 19.2. The van der Waals surface area contributed by atoms with Gasteiger partial charge in [0.2, 0.25) is 17.8 Å². The Morgan fingerprint density at radius 1 is 0.130 bits per heavy atom. The number of para-hydroxylation sites is 8. The van der Waals surface area contributed by atoms with Crippen LogP contribution in [0.15, 0.2) is 461 Å². The van der Waals surface area contributed by atoms with E-state index in [1.165, 1.54) is 71.1 Å². The predicted octanol–water partition coefficient (Wildman–Crippen LogP) is 28.4. The Morgan fingerprint density at radius 2 is 0.336 bits per heavy atom. The molecule has 0 bridgehead atoms. The van der Waals surface area contributed by atoms with Gasteiger partial charge in [0, 0.05) is 98.6 Å². The van der Waals surface area contributed by atoms with Gasteiger partial charge in [0.1, 0.15) is 0 Å². The van der Waals surface area contributed by atoms with Gasteiger partial charge in [-0.15, -0.1) is 0 Å². The van der Waals surface area contributed by atoms with E-state index in [-0.39, 0.29) is 0 Å². The van der Waals surface area contributed by atoms with Crippen LogP contribution >= 0.6 is 0 Å². The molecule has 14 nitrogen and oxygen atoms in total. The van der Waals surface area contributed by atoms with Gasteiger partial charge in [-0.3, -0.25) is 13.7 Å². The molecule has 0 unspecified atom stereocenters. The molecule has 0 radical (unpaired) electrons. The summed E-state index contributed by atoms with van der Waals surface area (Å²) in [6.07, 6.45) is 0. The molecule has 0 saturated carbocycles. The highest BCUT2D eigenvalue weighted by atomic mass is 15.2. The SMILES string of the molecule is c1ccc(-c2nc(-c3ccccc3)nc(-n3c4ccccc4c4c(-c5cccc6c5c5ccccc5n6-c5ccccc5)cccc43)n2)cc1.c1ccc(-c2nc(-c3ccccc3)nc(-n3c4ccccc4c4cc(-c5ccc6c(c5)c5ccccc5n6-c5ccccc5)ccc43)n2)cc1.c1ccc(-c2nc(-c3ccccc3)nc(-n3c4ccccc4c4ccccc43)n2)cc1. The first-order valence-electron chi connectivity index (χ1n) is 43.8. The molecule has 8 aromatic heterocycles. The van der Waals surface area contributed by atoms with Gasteiger partial charge in [-0.2, -0.15) is 29.9 Å². The fraction of sp³-hybridized carbons (Fsp3) is 0. The molecule has 8 heterocycles. The maximum atomic E-state index is 5.14. The van der Waals surface area contributed by atoms with Gasteiger partial charge in [-0.05, 0) is 119 Å². The molecule has 0 saturated heterocycles. The number of rotatable bonds is 13. The van der Waals surface area contributed by atoms with Crippen LogP contribution < -0.4 is 0 Å². The van der Waals surface area contributed by atoms with E-state index in [0.29, 0.717) is 52.8 Å². The normalized spacial score (nSPS) is 11.5. The lowest BCUT2D eigenvalue weighted by Crippen LogP contribution is -2.06. The highest BCUT2D eigenvalue weighted by molar-refractivity contribution is 6.23. The van der Waals surface area contributed by atoms with Crippen molar-refractivity contribution in [3.05, 3.63) is 461 Å². The molecule has 0 amide bonds. The first-order valence-corrected chi connectivity index (χ1v) is 43.8. The molecule has 0 aliphatic rings. The number of hydrogen-bond acceptors (Lipinski definition) is 9. The average Bonchev–Trinajstić information content (AvgIpc) is 1.55. The van der Waals surface area contributed by atoms with E-state index in [1.807, 2.05) is 182 Å². The lowest BCUT2D eigenvalue weighted by molar-refractivity contribution is 0.953. The summed E-state index contributed by atoms with van der Waals surface area (Å²) in [6.45, 7) is 0. The van der Waals surface area contributed by atoms with Crippen LogP contribution in [-0.2, 0) is 0 Å². The van der Waals surface area contributed by atoms with Gasteiger partial charge < -0.3 is 9.13 Å². The molecule has 0 aliphatic heterocycles. The molecule has 0 N–H and O–H groups in total. The Bertz CT molecular complexity index is 8590. The van der Waals surface area contributed by atoms with Crippen molar-refractivity contribution in [1.82, 2.24) is 67.7 Å². The molecular weight excluding hydrogens is 1600 g/mol. The number of aromatic nitrogens is 14. The zero-order valence-corrected chi connectivity index (χ0v) is 70.6. The van der Waals surface area contributed by atoms with Gasteiger partial charge in [-0.25, -0.2) is 15.0 Å². The molecule has 14 heteroatoms. The van der Waals surface area contributed by atoms with Crippen LogP contribution in [0.3, 0.4) is 0 Å². The Labute approximate surface area is 752 Å². The quantitative estimate of drug-likeness (QED) is 0.110. The Hall–Kier alpha value is -18.0. The summed E-state index contributed by atoms with van der Waals surface area (Å²) in [5.41, 5.74) is 23.7. The van der Waals surface area contributed by atoms with E-state index in [9.17, 15) is 0 Å². The van der Waals surface area contributed by atoms with E-state index in [2.05, 4.69) is 302 Å². The van der Waals surface area contributed by atoms with E-state index in [4.69, 9.17) is 44.9 Å². The molecule has 0 fully saturated rings. The van der Waals surface area contributed by atoms with Crippen LogP contribution in [0.25, 0.3) is 229 Å². The van der Waals surface area contributed by atoms with Crippen molar-refractivity contribution in [3.8, 4) is 120 Å². The lowest BCUT2D eigenvalue weighted by atomic mass is 9.95. The van der Waals surface area contributed by atoms with Gasteiger partial charge in [0.25, 0.3) is 0 Å². The number of fused-ring (bicyclic) bond motifs is 15. The topological polar surface area (TPSA) is 141 Å². The van der Waals surface area contributed by atoms with E-state index in [1.54, 1.807) is 0 Å². The second kappa shape index (κ2) is 32.8. The number of hydrogen-bond donors (Lipinski definition) is 0. The maximum Gasteiger partial charge on any atom is 0.238 e. The highest BCUT2D eigenvalue weighted by Gasteiger charge is 2.26. The molecule has 0 spiro atoms. The molecule has 0 aliphatic carbocycles. The molecular formula is C117H76N14. The van der Waals surface area contributed by atoms with E-state index in [0.717, 1.165) is 105 Å². The first-order chi connectivity index (χ1) is 65.0. The van der Waals surface area contributed by atoms with Crippen LogP contribution in [0.1, 0.15) is 0 Å². The Morgan fingerprint density at radius 3 is 0.649 bits per heavy atom. The van der Waals surface area contributed by atoms with Crippen molar-refractivity contribution in [2.45, 2.75) is 0 Å². The fourth-order valence-corrected chi connectivity index (χ4v) is 18.8. The third-order valence-corrected chi connectivity index (χ3v) is 24.6. The summed E-state index contributed by atoms with van der Waals surface area (Å²) in [5, 5.41) is 11.9. The molecule has 131 heavy (non-hydrogen) atoms. The van der Waals surface area contributed by atoms with Crippen molar-refractivity contribution in [3.63, 3.8) is 0 Å². The van der Waals surface area contributed by atoms with E-state index >= 15 is 0 Å². The zero-order chi connectivity index (χ0) is 86.7. The number of benzene rings is 18. The van der Waals surface area contributed by atoms with Gasteiger partial charge in [0.05, 0.1) is 55.2 Å². The van der Waals surface area contributed by atoms with Crippen molar-refractivity contribution < 1.29 is 0 Å². The summed E-state index contributed by atoms with van der Waals surface area (Å²) >= 11 is 0. The molecule has 26 rings (SSSR count). The summed E-state index contributed by atoms with van der Waals surface area (Å²) in [4.78, 5) is 45.0. The molecule has 0 atom stereocenters. The second-order valence-electron chi connectivity index (χ2n) is 32.4. The highest BCUT2D eigenvalue weighted by Crippen LogP contribution is 2.46. The second-order valence-corrected chi connectivity index (χ2v) is 32.4. The minimum atomic E-state index is 0.583. The summed E-state index contributed by atoms with van der Waals surface area (Å²) in [5.74, 6) is 5.65. The number of nitrogens with zero attached hydrogens (tertiary/aromatic N) is 14. The van der Waals surface area contributed by atoms with Crippen molar-refractivity contribution in [2.24, 2.45) is 0 Å². The van der Waals surface area contributed by atoms with Gasteiger partial charge in [0.15, 0.2) is 34.9 Å². The van der Waals surface area contributed by atoms with Crippen molar-refractivity contribution in [2.75, 3.05) is 0 Å². The molecule has 18 aromatic carbocycles. The van der Waals surface area contributed by atoms with Crippen LogP contribution in [-0.4, -0.2) is 67.7 Å². The smallest absolute Gasteiger partial charge is 0.238 e. The van der Waals surface area contributed by atoms with Gasteiger partial charge >= 0.3 is 0 Å². The monoisotopic (exact) mass is 1680 g/mol. The first kappa shape index (κ1) is 76.6. The van der Waals surface area contributed by atoms with Gasteiger partial charge in [-0.1, -0.05) is 364 Å². The average molecular weight is 1680 g/mol. The summed E-state index contributed by atoms with van der Waals surface area (Å²) in [6, 6.07) is 160. The summed E-state index contributed by atoms with van der Waals surface area (Å²) < 4.78 is 11.2. The third kappa shape index (κ3) is 13.7. The van der Waals surface area contributed by atoms with Crippen LogP contribution in [0.2, 0.25) is 0 Å². The van der Waals surface area contributed by atoms with Crippen LogP contribution in [0.5, 0.6) is 0 Å². The zero-order valence-electron chi connectivity index (χ0n) is 70.6. The van der Waals surface area contributed by atoms with E-state index < -0.39 is 0 Å². The van der Waals surface area contributed by atoms with Crippen molar-refractivity contribution >= 4 is 109 Å². The fourth-order valence-electron chi connectivity index (χ4n) is 18.8. The minimum Gasteiger partial charge on any atom is -0.309 e. The van der Waals surface area contributed by atoms with Crippen molar-refractivity contribution in [1.29, 1.82) is 0 Å². The maximum absolute atomic E-state index is 5.14. The molecule has 614 valence electrons. The third-order valence-electron chi connectivity index (χ3n) is 24.6. The van der Waals surface area contributed by atoms with Crippen LogP contribution in [0, 0.1) is 0 Å². The molecule has 26 aromatic rings. The lowest BCUT2D eigenvalue weighted by Gasteiger charge is -2.12. The minimum absolute atomic E-state index is 0.583. The Balaban J connectivity index is 0.000000112. The van der Waals surface area contributed by atoms with Crippen LogP contribution in [0.4, 0.5) is 0 Å². The largest absolute Gasteiger partial charge is 0.309 e. The predicted molar refractivity (Wildman–Crippen MR) is 535 cm³/mol.